The zero-order chi connectivity index (χ0) is 21.4. The average Bonchev–Trinajstić information content (AvgIpc) is 2.94. The molecule has 154 valence electrons. The third-order valence-electron chi connectivity index (χ3n) is 3.47. The Morgan fingerprint density at radius 1 is 1.21 bits per heavy atom. The zero-order valence-corrected chi connectivity index (χ0v) is 16.5. The van der Waals surface area contributed by atoms with Crippen molar-refractivity contribution in [2.24, 2.45) is 0 Å². The minimum Gasteiger partial charge on any atom is -0.322 e. The normalized spacial score (nSPS) is 13.4. The van der Waals surface area contributed by atoms with Gasteiger partial charge in [0.15, 0.2) is 11.6 Å². The molecule has 0 bridgehead atoms. The second kappa shape index (κ2) is 7.93. The van der Waals surface area contributed by atoms with E-state index in [1.165, 1.54) is 11.6 Å². The zero-order valence-electron chi connectivity index (χ0n) is 14.1. The molecule has 5 nitrogen and oxygen atoms in total. The monoisotopic (exact) mass is 462 g/mol. The molecule has 1 aromatic carbocycles. The number of aryl methyl sites for hydroxylation is 1. The number of carbonyl (C=O) groups is 1. The molecule has 0 aliphatic carbocycles. The molecule has 1 heterocycles. The highest BCUT2D eigenvalue weighted by Gasteiger charge is 2.39. The summed E-state index contributed by atoms with van der Waals surface area (Å²) in [5, 5.41) is 1.64. The smallest absolute Gasteiger partial charge is 0.322 e. The van der Waals surface area contributed by atoms with E-state index in [0.29, 0.717) is 24.3 Å². The number of carbonyl (C=O) groups excluding carboxylic acids is 1. The molecule has 2 N–H and O–H groups in total. The Balaban J connectivity index is 2.27. The first-order valence-electron chi connectivity index (χ1n) is 7.37. The molecule has 0 saturated carbocycles. The minimum atomic E-state index is -4.79. The highest BCUT2D eigenvalue weighted by Crippen LogP contribution is 2.29. The Bertz CT molecular complexity index is 998. The third-order valence-corrected chi connectivity index (χ3v) is 6.81. The molecule has 28 heavy (non-hydrogen) atoms. The van der Waals surface area contributed by atoms with Crippen molar-refractivity contribution in [3.63, 3.8) is 0 Å². The van der Waals surface area contributed by atoms with Crippen LogP contribution in [0.2, 0.25) is 5.02 Å². The van der Waals surface area contributed by atoms with Crippen molar-refractivity contribution in [2.75, 3.05) is 5.32 Å². The molecule has 0 aliphatic heterocycles. The predicted molar refractivity (Wildman–Crippen MR) is 94.2 cm³/mol. The Hall–Kier alpha value is -1.76. The summed E-state index contributed by atoms with van der Waals surface area (Å²) in [7, 11) is -4.53. The maximum atomic E-state index is 13.4. The molecule has 0 spiro atoms. The van der Waals surface area contributed by atoms with Gasteiger partial charge in [-0.15, -0.1) is 11.3 Å². The van der Waals surface area contributed by atoms with E-state index < -0.39 is 49.0 Å². The third kappa shape index (κ3) is 4.99. The van der Waals surface area contributed by atoms with E-state index in [4.69, 9.17) is 11.6 Å². The van der Waals surface area contributed by atoms with Crippen molar-refractivity contribution in [1.82, 2.24) is 4.72 Å². The number of alkyl halides is 3. The number of thiophene rings is 1. The summed E-state index contributed by atoms with van der Waals surface area (Å²) in [6.45, 7) is 2.02. The van der Waals surface area contributed by atoms with Crippen LogP contribution >= 0.6 is 22.9 Å². The van der Waals surface area contributed by atoms with Gasteiger partial charge in [0, 0.05) is 16.6 Å². The van der Waals surface area contributed by atoms with Gasteiger partial charge in [0.1, 0.15) is 10.3 Å². The second-order valence-electron chi connectivity index (χ2n) is 5.63. The van der Waals surface area contributed by atoms with Gasteiger partial charge >= 0.3 is 6.18 Å². The summed E-state index contributed by atoms with van der Waals surface area (Å²) in [5.74, 6) is -3.48. The molecule has 2 aromatic rings. The number of anilines is 1. The van der Waals surface area contributed by atoms with Crippen LogP contribution in [-0.4, -0.2) is 26.5 Å². The quantitative estimate of drug-likeness (QED) is 0.508. The number of benzene rings is 1. The van der Waals surface area contributed by atoms with Gasteiger partial charge in [-0.05, 0) is 26.0 Å². The van der Waals surface area contributed by atoms with Crippen LogP contribution in [0.3, 0.4) is 0 Å². The molecule has 0 fully saturated rings. The van der Waals surface area contributed by atoms with Crippen LogP contribution < -0.4 is 10.0 Å². The van der Waals surface area contributed by atoms with E-state index in [9.17, 15) is 35.2 Å². The van der Waals surface area contributed by atoms with Gasteiger partial charge in [0.2, 0.25) is 0 Å². The molecule has 0 unspecified atom stereocenters. The number of nitrogens with one attached hydrogen (secondary N) is 2. The fraction of sp³-hybridized carbons (Fsp3) is 0.267. The number of amides is 1. The van der Waals surface area contributed by atoms with Crippen LogP contribution in [0, 0.1) is 18.6 Å². The van der Waals surface area contributed by atoms with Crippen LogP contribution in [0.5, 0.6) is 0 Å². The average molecular weight is 463 g/mol. The Labute approximate surface area is 165 Å². The van der Waals surface area contributed by atoms with E-state index in [-0.39, 0.29) is 16.1 Å². The van der Waals surface area contributed by atoms with E-state index >= 15 is 0 Å². The lowest BCUT2D eigenvalue weighted by Crippen LogP contribution is -2.42. The van der Waals surface area contributed by atoms with Crippen molar-refractivity contribution < 1.29 is 35.2 Å². The van der Waals surface area contributed by atoms with Crippen LogP contribution in [0.4, 0.5) is 27.6 Å². The van der Waals surface area contributed by atoms with Crippen molar-refractivity contribution in [3.05, 3.63) is 45.3 Å². The maximum absolute atomic E-state index is 13.4. The maximum Gasteiger partial charge on any atom is 0.404 e. The lowest BCUT2D eigenvalue weighted by molar-refractivity contribution is -0.147. The van der Waals surface area contributed by atoms with Gasteiger partial charge in [-0.25, -0.2) is 17.2 Å². The Kier molecular flexibility index (Phi) is 6.38. The number of rotatable bonds is 5. The first-order valence-corrected chi connectivity index (χ1v) is 10.1. The van der Waals surface area contributed by atoms with Gasteiger partial charge in [0.25, 0.3) is 15.9 Å². The molecule has 0 radical (unpaired) electrons. The van der Waals surface area contributed by atoms with Gasteiger partial charge in [-0.3, -0.25) is 4.79 Å². The van der Waals surface area contributed by atoms with Gasteiger partial charge in [-0.1, -0.05) is 11.6 Å². The fourth-order valence-electron chi connectivity index (χ4n) is 2.00. The molecule has 1 atom stereocenters. The molecule has 1 amide bonds. The lowest BCUT2D eigenvalue weighted by Gasteiger charge is -2.16. The summed E-state index contributed by atoms with van der Waals surface area (Å²) in [4.78, 5) is 12.5. The fourth-order valence-corrected chi connectivity index (χ4v) is 4.89. The second-order valence-corrected chi connectivity index (χ2v) is 9.23. The summed E-state index contributed by atoms with van der Waals surface area (Å²) in [6, 6.07) is 0.179. The van der Waals surface area contributed by atoms with Crippen molar-refractivity contribution in [2.45, 2.75) is 30.3 Å². The van der Waals surface area contributed by atoms with Crippen molar-refractivity contribution >= 4 is 44.6 Å². The molecule has 0 aliphatic rings. The number of hydrogen-bond acceptors (Lipinski definition) is 4. The summed E-state index contributed by atoms with van der Waals surface area (Å²) in [6.07, 6.45) is -4.79. The van der Waals surface area contributed by atoms with Gasteiger partial charge < -0.3 is 5.32 Å². The minimum absolute atomic E-state index is 0.161. The molecule has 13 heteroatoms. The van der Waals surface area contributed by atoms with E-state index in [2.05, 4.69) is 5.32 Å². The lowest BCUT2D eigenvalue weighted by atomic mass is 10.2. The number of halogens is 6. The summed E-state index contributed by atoms with van der Waals surface area (Å²) >= 11 is 6.07. The Morgan fingerprint density at radius 2 is 1.82 bits per heavy atom. The summed E-state index contributed by atoms with van der Waals surface area (Å²) < 4.78 is 89.5. The van der Waals surface area contributed by atoms with Crippen molar-refractivity contribution in [3.8, 4) is 0 Å². The topological polar surface area (TPSA) is 75.3 Å². The Morgan fingerprint density at radius 3 is 2.36 bits per heavy atom. The highest BCUT2D eigenvalue weighted by molar-refractivity contribution is 7.91. The van der Waals surface area contributed by atoms with Crippen LogP contribution in [0.15, 0.2) is 22.4 Å². The van der Waals surface area contributed by atoms with E-state index in [0.717, 1.165) is 12.1 Å². The van der Waals surface area contributed by atoms with Crippen LogP contribution in [0.1, 0.15) is 22.2 Å². The molecule has 1 aromatic heterocycles. The standard InChI is InChI=1S/C15H12ClF5N2O3S2/c1-6-9(14(24)22-8-3-10(16)13(18)11(17)4-8)5-12(27-6)28(25,26)23-7(2)15(19,20)21/h3-5,7,23H,1-2H3,(H,22,24)/t7-/m0/s1. The molecular weight excluding hydrogens is 451 g/mol. The van der Waals surface area contributed by atoms with E-state index in [1.807, 2.05) is 0 Å². The first-order chi connectivity index (χ1) is 12.7. The van der Waals surface area contributed by atoms with Crippen molar-refractivity contribution in [1.29, 1.82) is 0 Å². The van der Waals surface area contributed by atoms with Gasteiger partial charge in [0.05, 0.1) is 10.6 Å². The van der Waals surface area contributed by atoms with Gasteiger partial charge in [-0.2, -0.15) is 17.9 Å². The predicted octanol–water partition coefficient (Wildman–Crippen LogP) is 4.47. The molecule has 0 saturated heterocycles. The highest BCUT2D eigenvalue weighted by atomic mass is 35.5. The SMILES string of the molecule is Cc1sc(S(=O)(=O)N[C@@H](C)C(F)(F)F)cc1C(=O)Nc1cc(F)c(F)c(Cl)c1. The molecule has 2 rings (SSSR count). The number of hydrogen-bond donors (Lipinski definition) is 2. The molecular formula is C15H12ClF5N2O3S2. The first kappa shape index (κ1) is 22.5. The largest absolute Gasteiger partial charge is 0.404 e. The van der Waals surface area contributed by atoms with Crippen LogP contribution in [-0.2, 0) is 10.0 Å². The van der Waals surface area contributed by atoms with Crippen LogP contribution in [0.25, 0.3) is 0 Å². The summed E-state index contributed by atoms with van der Waals surface area (Å²) in [5.41, 5.74) is -0.349. The van der Waals surface area contributed by atoms with E-state index in [1.54, 1.807) is 0 Å². The number of sulfonamides is 1.